The highest BCUT2D eigenvalue weighted by atomic mass is 127. The molecule has 2 rings (SSSR count). The monoisotopic (exact) mass is 484 g/mol. The van der Waals surface area contributed by atoms with Crippen LogP contribution in [0.1, 0.15) is 38.8 Å². The molecule has 6 nitrogen and oxygen atoms in total. The average molecular weight is 484 g/mol. The molecule has 0 spiro atoms. The lowest BCUT2D eigenvalue weighted by molar-refractivity contribution is 0.428. The molecule has 0 radical (unpaired) electrons. The largest absolute Gasteiger partial charge is 0.357 e. The molecule has 0 amide bonds. The molecular formula is C20H33IN6. The van der Waals surface area contributed by atoms with E-state index in [-0.39, 0.29) is 29.5 Å². The van der Waals surface area contributed by atoms with E-state index in [9.17, 15) is 0 Å². The van der Waals surface area contributed by atoms with Gasteiger partial charge in [0.2, 0.25) is 0 Å². The maximum Gasteiger partial charge on any atom is 0.191 e. The fourth-order valence-electron chi connectivity index (χ4n) is 2.56. The van der Waals surface area contributed by atoms with E-state index in [1.54, 1.807) is 6.20 Å². The molecule has 0 saturated carbocycles. The van der Waals surface area contributed by atoms with Gasteiger partial charge in [0.25, 0.3) is 0 Å². The molecule has 1 heterocycles. The van der Waals surface area contributed by atoms with Gasteiger partial charge in [-0.3, -0.25) is 4.68 Å². The SMILES string of the molecule is CCNC(=NCc1ccccc1Cn1cccn1)NCCNC(C)(C)C.I. The average Bonchev–Trinajstić information content (AvgIpc) is 3.10. The number of nitrogens with one attached hydrogen (secondary N) is 3. The van der Waals surface area contributed by atoms with Gasteiger partial charge in [0.05, 0.1) is 13.1 Å². The third kappa shape index (κ3) is 9.23. The Kier molecular flexibility index (Phi) is 10.4. The van der Waals surface area contributed by atoms with E-state index < -0.39 is 0 Å². The van der Waals surface area contributed by atoms with Gasteiger partial charge < -0.3 is 16.0 Å². The summed E-state index contributed by atoms with van der Waals surface area (Å²) in [5.41, 5.74) is 2.58. The van der Waals surface area contributed by atoms with Crippen LogP contribution < -0.4 is 16.0 Å². The highest BCUT2D eigenvalue weighted by Crippen LogP contribution is 2.11. The summed E-state index contributed by atoms with van der Waals surface area (Å²) in [6, 6.07) is 10.3. The smallest absolute Gasteiger partial charge is 0.191 e. The quantitative estimate of drug-likeness (QED) is 0.233. The van der Waals surface area contributed by atoms with Gasteiger partial charge >= 0.3 is 0 Å². The normalized spacial score (nSPS) is 11.8. The maximum atomic E-state index is 4.74. The van der Waals surface area contributed by atoms with Crippen LogP contribution in [0.4, 0.5) is 0 Å². The summed E-state index contributed by atoms with van der Waals surface area (Å²) < 4.78 is 1.93. The molecule has 0 unspecified atom stereocenters. The summed E-state index contributed by atoms with van der Waals surface area (Å²) in [5.74, 6) is 0.845. The van der Waals surface area contributed by atoms with Gasteiger partial charge in [0.1, 0.15) is 0 Å². The predicted molar refractivity (Wildman–Crippen MR) is 124 cm³/mol. The molecule has 0 aliphatic carbocycles. The molecule has 0 aliphatic rings. The number of aromatic nitrogens is 2. The third-order valence-electron chi connectivity index (χ3n) is 3.83. The van der Waals surface area contributed by atoms with E-state index in [0.29, 0.717) is 6.54 Å². The van der Waals surface area contributed by atoms with Crippen molar-refractivity contribution in [1.82, 2.24) is 25.7 Å². The number of rotatable bonds is 8. The Morgan fingerprint density at radius 1 is 1.07 bits per heavy atom. The molecule has 0 bridgehead atoms. The lowest BCUT2D eigenvalue weighted by Crippen LogP contribution is -2.44. The molecule has 0 fully saturated rings. The fraction of sp³-hybridized carbons (Fsp3) is 0.500. The van der Waals surface area contributed by atoms with Crippen LogP contribution in [-0.4, -0.2) is 40.9 Å². The zero-order valence-electron chi connectivity index (χ0n) is 16.8. The van der Waals surface area contributed by atoms with E-state index in [4.69, 9.17) is 4.99 Å². The summed E-state index contributed by atoms with van der Waals surface area (Å²) in [6.07, 6.45) is 3.79. The van der Waals surface area contributed by atoms with Gasteiger partial charge in [-0.05, 0) is 44.9 Å². The molecule has 0 atom stereocenters. The summed E-state index contributed by atoms with van der Waals surface area (Å²) in [7, 11) is 0. The molecule has 150 valence electrons. The van der Waals surface area contributed by atoms with Crippen LogP contribution in [0.3, 0.4) is 0 Å². The van der Waals surface area contributed by atoms with E-state index in [1.807, 2.05) is 16.9 Å². The molecule has 2 aromatic rings. The van der Waals surface area contributed by atoms with Crippen LogP contribution >= 0.6 is 24.0 Å². The number of guanidine groups is 1. The van der Waals surface area contributed by atoms with Crippen molar-refractivity contribution in [3.8, 4) is 0 Å². The standard InChI is InChI=1S/C20H32N6.HI/c1-5-21-19(22-12-13-24-20(2,3)4)23-15-17-9-6-7-10-18(17)16-26-14-8-11-25-26;/h6-11,14,24H,5,12-13,15-16H2,1-4H3,(H2,21,22,23);1H. The first kappa shape index (κ1) is 23.4. The topological polar surface area (TPSA) is 66.3 Å². The second-order valence-corrected chi connectivity index (χ2v) is 7.27. The number of hydrogen-bond acceptors (Lipinski definition) is 3. The van der Waals surface area contributed by atoms with Gasteiger partial charge in [-0.1, -0.05) is 24.3 Å². The van der Waals surface area contributed by atoms with Crippen molar-refractivity contribution in [3.05, 3.63) is 53.9 Å². The minimum absolute atomic E-state index is 0. The zero-order chi connectivity index (χ0) is 18.8. The van der Waals surface area contributed by atoms with Gasteiger partial charge in [-0.25, -0.2) is 4.99 Å². The van der Waals surface area contributed by atoms with Crippen LogP contribution in [0.2, 0.25) is 0 Å². The zero-order valence-corrected chi connectivity index (χ0v) is 19.2. The van der Waals surface area contributed by atoms with Crippen molar-refractivity contribution in [2.75, 3.05) is 19.6 Å². The van der Waals surface area contributed by atoms with E-state index in [2.05, 4.69) is 73.0 Å². The molecule has 3 N–H and O–H groups in total. The van der Waals surface area contributed by atoms with Gasteiger partial charge in [-0.2, -0.15) is 5.10 Å². The van der Waals surface area contributed by atoms with Crippen molar-refractivity contribution < 1.29 is 0 Å². The number of benzene rings is 1. The van der Waals surface area contributed by atoms with Crippen LogP contribution in [0.25, 0.3) is 0 Å². The molecule has 27 heavy (non-hydrogen) atoms. The Morgan fingerprint density at radius 3 is 2.44 bits per heavy atom. The van der Waals surface area contributed by atoms with Crippen LogP contribution in [0.15, 0.2) is 47.7 Å². The minimum Gasteiger partial charge on any atom is -0.357 e. The first-order valence-electron chi connectivity index (χ1n) is 9.29. The Bertz CT molecular complexity index is 676. The maximum absolute atomic E-state index is 4.74. The van der Waals surface area contributed by atoms with E-state index in [0.717, 1.165) is 32.1 Å². The lowest BCUT2D eigenvalue weighted by Gasteiger charge is -2.21. The van der Waals surface area contributed by atoms with Gasteiger partial charge in [-0.15, -0.1) is 24.0 Å². The second-order valence-electron chi connectivity index (χ2n) is 7.27. The molecular weight excluding hydrogens is 451 g/mol. The van der Waals surface area contributed by atoms with Crippen LogP contribution in [0, 0.1) is 0 Å². The second kappa shape index (κ2) is 12.0. The predicted octanol–water partition coefficient (Wildman–Crippen LogP) is 2.99. The number of hydrogen-bond donors (Lipinski definition) is 3. The Morgan fingerprint density at radius 2 is 1.81 bits per heavy atom. The van der Waals surface area contributed by atoms with Gasteiger partial charge in [0.15, 0.2) is 5.96 Å². The van der Waals surface area contributed by atoms with E-state index >= 15 is 0 Å². The summed E-state index contributed by atoms with van der Waals surface area (Å²) >= 11 is 0. The molecule has 1 aromatic carbocycles. The summed E-state index contributed by atoms with van der Waals surface area (Å²) in [6.45, 7) is 12.6. The Balaban J connectivity index is 0.00000364. The van der Waals surface area contributed by atoms with Crippen molar-refractivity contribution >= 4 is 29.9 Å². The number of aliphatic imine (C=N–C) groups is 1. The van der Waals surface area contributed by atoms with Crippen LogP contribution in [-0.2, 0) is 13.1 Å². The van der Waals surface area contributed by atoms with Crippen molar-refractivity contribution in [2.24, 2.45) is 4.99 Å². The molecule has 7 heteroatoms. The Hall–Kier alpha value is -1.61. The molecule has 0 aliphatic heterocycles. The van der Waals surface area contributed by atoms with E-state index in [1.165, 1.54) is 11.1 Å². The molecule has 1 aromatic heterocycles. The lowest BCUT2D eigenvalue weighted by atomic mass is 10.1. The van der Waals surface area contributed by atoms with Crippen molar-refractivity contribution in [1.29, 1.82) is 0 Å². The van der Waals surface area contributed by atoms with Gasteiger partial charge in [0, 0.05) is 37.6 Å². The molecule has 0 saturated heterocycles. The number of halogens is 1. The van der Waals surface area contributed by atoms with Crippen LogP contribution in [0.5, 0.6) is 0 Å². The number of nitrogens with zero attached hydrogens (tertiary/aromatic N) is 3. The van der Waals surface area contributed by atoms with Crippen molar-refractivity contribution in [2.45, 2.75) is 46.3 Å². The highest BCUT2D eigenvalue weighted by molar-refractivity contribution is 14.0. The Labute approximate surface area is 180 Å². The van der Waals surface area contributed by atoms with Crippen molar-refractivity contribution in [3.63, 3.8) is 0 Å². The third-order valence-corrected chi connectivity index (χ3v) is 3.83. The highest BCUT2D eigenvalue weighted by Gasteiger charge is 2.08. The summed E-state index contributed by atoms with van der Waals surface area (Å²) in [5, 5.41) is 14.5. The minimum atomic E-state index is 0. The first-order chi connectivity index (χ1) is 12.5. The summed E-state index contributed by atoms with van der Waals surface area (Å²) in [4.78, 5) is 4.74. The first-order valence-corrected chi connectivity index (χ1v) is 9.29. The fourth-order valence-corrected chi connectivity index (χ4v) is 2.56.